The molecule has 0 saturated carbocycles. The molecule has 3 rings (SSSR count). The number of alkyl halides is 1. The maximum absolute atomic E-state index is 13.1. The first kappa shape index (κ1) is 18.5. The molecule has 7 nitrogen and oxygen atoms in total. The molecular formula is C18H18IN3O4. The normalized spacial score (nSPS) is 12.5. The van der Waals surface area contributed by atoms with Crippen molar-refractivity contribution < 1.29 is 19.8 Å². The Hall–Kier alpha value is -2.33. The maximum atomic E-state index is 13.1. The van der Waals surface area contributed by atoms with Crippen LogP contribution in [0.1, 0.15) is 31.8 Å². The van der Waals surface area contributed by atoms with Crippen molar-refractivity contribution in [1.29, 1.82) is 0 Å². The Morgan fingerprint density at radius 1 is 0.808 bits per heavy atom. The molecule has 0 radical (unpaired) electrons. The van der Waals surface area contributed by atoms with Crippen LogP contribution in [0.3, 0.4) is 0 Å². The summed E-state index contributed by atoms with van der Waals surface area (Å²) in [7, 11) is 0. The Bertz CT molecular complexity index is 825. The van der Waals surface area contributed by atoms with Crippen LogP contribution in [-0.2, 0) is 0 Å². The summed E-state index contributed by atoms with van der Waals surface area (Å²) in [4.78, 5) is 26.2. The lowest BCUT2D eigenvalue weighted by Crippen LogP contribution is -2.25. The third-order valence-corrected chi connectivity index (χ3v) is 4.68. The molecule has 2 aromatic rings. The van der Waals surface area contributed by atoms with Crippen LogP contribution in [0, 0.1) is 0 Å². The van der Waals surface area contributed by atoms with Gasteiger partial charge in [-0.2, -0.15) is 0 Å². The van der Waals surface area contributed by atoms with Gasteiger partial charge in [0.1, 0.15) is 11.5 Å². The highest BCUT2D eigenvalue weighted by molar-refractivity contribution is 14.1. The largest absolute Gasteiger partial charge is 0.507 e. The predicted octanol–water partition coefficient (Wildman–Crippen LogP) is 2.09. The minimum Gasteiger partial charge on any atom is -0.507 e. The summed E-state index contributed by atoms with van der Waals surface area (Å²) >= 11 is 2.19. The lowest BCUT2D eigenvalue weighted by atomic mass is 9.81. The first-order chi connectivity index (χ1) is 12.5. The van der Waals surface area contributed by atoms with E-state index in [1.807, 2.05) is 0 Å². The number of ketones is 2. The van der Waals surface area contributed by atoms with Crippen LogP contribution >= 0.6 is 22.6 Å². The van der Waals surface area contributed by atoms with E-state index < -0.39 is 11.6 Å². The van der Waals surface area contributed by atoms with Crippen LogP contribution in [0.15, 0.2) is 24.3 Å². The van der Waals surface area contributed by atoms with E-state index >= 15 is 0 Å². The molecule has 0 aromatic heterocycles. The van der Waals surface area contributed by atoms with Crippen molar-refractivity contribution in [3.8, 4) is 11.5 Å². The minimum absolute atomic E-state index is 0.0530. The van der Waals surface area contributed by atoms with Crippen molar-refractivity contribution in [2.24, 2.45) is 5.73 Å². The summed E-state index contributed by atoms with van der Waals surface area (Å²) in [6.45, 7) is 1.33. The second kappa shape index (κ2) is 7.50. The van der Waals surface area contributed by atoms with Crippen molar-refractivity contribution in [3.63, 3.8) is 0 Å². The highest BCUT2D eigenvalue weighted by atomic mass is 127. The van der Waals surface area contributed by atoms with Crippen LogP contribution in [0.25, 0.3) is 0 Å². The average molecular weight is 467 g/mol. The number of phenolic OH excluding ortho intramolecular Hbond substituents is 2. The van der Waals surface area contributed by atoms with E-state index in [0.29, 0.717) is 31.0 Å². The zero-order valence-electron chi connectivity index (χ0n) is 13.8. The van der Waals surface area contributed by atoms with Crippen LogP contribution in [0.5, 0.6) is 11.5 Å². The quantitative estimate of drug-likeness (QED) is 0.214. The lowest BCUT2D eigenvalue weighted by Gasteiger charge is -2.24. The van der Waals surface area contributed by atoms with Gasteiger partial charge in [-0.1, -0.05) is 22.6 Å². The van der Waals surface area contributed by atoms with E-state index in [2.05, 4.69) is 33.2 Å². The van der Waals surface area contributed by atoms with Gasteiger partial charge < -0.3 is 26.6 Å². The summed E-state index contributed by atoms with van der Waals surface area (Å²) < 4.78 is 0.796. The molecule has 26 heavy (non-hydrogen) atoms. The van der Waals surface area contributed by atoms with Gasteiger partial charge in [-0.05, 0) is 24.3 Å². The molecule has 0 fully saturated rings. The number of fused-ring (bicyclic) bond motifs is 2. The van der Waals surface area contributed by atoms with E-state index in [4.69, 9.17) is 5.73 Å². The second-order valence-electron chi connectivity index (χ2n) is 5.75. The van der Waals surface area contributed by atoms with Gasteiger partial charge in [0.05, 0.1) is 22.3 Å². The number of benzene rings is 2. The van der Waals surface area contributed by atoms with E-state index in [9.17, 15) is 19.8 Å². The Morgan fingerprint density at radius 2 is 1.27 bits per heavy atom. The number of rotatable bonds is 6. The first-order valence-electron chi connectivity index (χ1n) is 8.06. The summed E-state index contributed by atoms with van der Waals surface area (Å²) in [5.74, 6) is -1.56. The molecule has 0 spiro atoms. The van der Waals surface area contributed by atoms with Gasteiger partial charge >= 0.3 is 0 Å². The van der Waals surface area contributed by atoms with Gasteiger partial charge in [-0.3, -0.25) is 9.59 Å². The first-order valence-corrected chi connectivity index (χ1v) is 9.59. The van der Waals surface area contributed by atoms with E-state index in [0.717, 1.165) is 4.43 Å². The Balaban J connectivity index is 2.23. The van der Waals surface area contributed by atoms with Gasteiger partial charge in [0.2, 0.25) is 11.6 Å². The van der Waals surface area contributed by atoms with Crippen molar-refractivity contribution >= 4 is 45.5 Å². The third kappa shape index (κ3) is 2.99. The molecular weight excluding hydrogens is 449 g/mol. The molecule has 0 atom stereocenters. The number of hydrogen-bond donors (Lipinski definition) is 5. The molecule has 136 valence electrons. The van der Waals surface area contributed by atoms with Gasteiger partial charge in [0.25, 0.3) is 0 Å². The predicted molar refractivity (Wildman–Crippen MR) is 108 cm³/mol. The van der Waals surface area contributed by atoms with Gasteiger partial charge in [-0.15, -0.1) is 0 Å². The summed E-state index contributed by atoms with van der Waals surface area (Å²) in [5.41, 5.74) is 6.37. The summed E-state index contributed by atoms with van der Waals surface area (Å²) in [6, 6.07) is 5.84. The number of phenols is 2. The molecule has 8 heteroatoms. The van der Waals surface area contributed by atoms with Crippen molar-refractivity contribution in [2.75, 3.05) is 34.7 Å². The van der Waals surface area contributed by atoms with Crippen molar-refractivity contribution in [2.45, 2.75) is 0 Å². The molecule has 1 aliphatic rings. The van der Waals surface area contributed by atoms with Gasteiger partial charge in [0, 0.05) is 35.4 Å². The van der Waals surface area contributed by atoms with Crippen LogP contribution in [0.4, 0.5) is 11.4 Å². The Labute approximate surface area is 163 Å². The van der Waals surface area contributed by atoms with Gasteiger partial charge in [-0.25, -0.2) is 0 Å². The molecule has 0 heterocycles. The second-order valence-corrected chi connectivity index (χ2v) is 6.83. The summed E-state index contributed by atoms with van der Waals surface area (Å²) in [6.07, 6.45) is 0. The molecule has 2 aromatic carbocycles. The molecule has 0 amide bonds. The zero-order chi connectivity index (χ0) is 18.8. The number of hydrogen-bond acceptors (Lipinski definition) is 7. The van der Waals surface area contributed by atoms with E-state index in [1.54, 1.807) is 6.07 Å². The minimum atomic E-state index is -0.513. The van der Waals surface area contributed by atoms with E-state index in [-0.39, 0.29) is 33.8 Å². The fourth-order valence-electron chi connectivity index (χ4n) is 3.05. The molecule has 0 unspecified atom stereocenters. The van der Waals surface area contributed by atoms with Crippen molar-refractivity contribution in [3.05, 3.63) is 46.5 Å². The number of carbonyl (C=O) groups excluding carboxylic acids is 2. The average Bonchev–Trinajstić information content (AvgIpc) is 2.63. The highest BCUT2D eigenvalue weighted by Gasteiger charge is 2.37. The molecule has 0 bridgehead atoms. The van der Waals surface area contributed by atoms with Crippen LogP contribution in [0.2, 0.25) is 0 Å². The zero-order valence-corrected chi connectivity index (χ0v) is 16.0. The number of anilines is 2. The fraction of sp³-hybridized carbons (Fsp3) is 0.222. The number of nitrogens with one attached hydrogen (secondary N) is 2. The van der Waals surface area contributed by atoms with Crippen LogP contribution in [-0.4, -0.2) is 45.8 Å². The Morgan fingerprint density at radius 3 is 1.69 bits per heavy atom. The molecule has 0 aliphatic heterocycles. The number of carbonyl (C=O) groups is 2. The van der Waals surface area contributed by atoms with E-state index in [1.165, 1.54) is 18.2 Å². The third-order valence-electron chi connectivity index (χ3n) is 4.14. The highest BCUT2D eigenvalue weighted by Crippen LogP contribution is 2.42. The number of nitrogens with two attached hydrogens (primary N) is 1. The standard InChI is InChI=1S/C18H18IN3O4/c19-5-7-21-9-1-3-11(23)15-13(9)17(25)16-12(24)4-2-10(22-8-6-20)14(16)18(15)26/h1-4,21-24H,5-8,20H2. The smallest absolute Gasteiger partial charge is 0.200 e. The summed E-state index contributed by atoms with van der Waals surface area (Å²) in [5, 5.41) is 26.6. The SMILES string of the molecule is NCCNc1ccc(O)c2c1C(=O)c1c(O)ccc(NCCI)c1C2=O. The Kier molecular flexibility index (Phi) is 5.33. The number of aromatic hydroxyl groups is 2. The molecule has 6 N–H and O–H groups in total. The fourth-order valence-corrected chi connectivity index (χ4v) is 3.32. The number of halogens is 1. The van der Waals surface area contributed by atoms with Crippen molar-refractivity contribution in [1.82, 2.24) is 0 Å². The molecule has 1 aliphatic carbocycles. The van der Waals surface area contributed by atoms with Gasteiger partial charge in [0.15, 0.2) is 0 Å². The monoisotopic (exact) mass is 467 g/mol. The topological polar surface area (TPSA) is 125 Å². The molecule has 0 saturated heterocycles. The lowest BCUT2D eigenvalue weighted by molar-refractivity contribution is 0.0975. The van der Waals surface area contributed by atoms with Crippen LogP contribution < -0.4 is 16.4 Å². The maximum Gasteiger partial charge on any atom is 0.200 e.